The Bertz CT molecular complexity index is 219. The van der Waals surface area contributed by atoms with Gasteiger partial charge in [0.2, 0.25) is 5.91 Å². The Morgan fingerprint density at radius 2 is 1.42 bits per heavy atom. The fourth-order valence-corrected chi connectivity index (χ4v) is 2.85. The standard InChI is InChI=1S/C16H32N2O/c1-15(19)17-13-10-14-18-16-11-8-6-4-2-3-5-7-9-12-16/h16,18H,2-14H2,1H3,(H,17,19). The first-order valence-electron chi connectivity index (χ1n) is 8.27. The number of amides is 1. The van der Waals surface area contributed by atoms with Crippen molar-refractivity contribution in [3.63, 3.8) is 0 Å². The number of hydrogen-bond acceptors (Lipinski definition) is 2. The van der Waals surface area contributed by atoms with Gasteiger partial charge in [0.25, 0.3) is 0 Å². The highest BCUT2D eigenvalue weighted by Crippen LogP contribution is 2.16. The Balaban J connectivity index is 2.11. The SMILES string of the molecule is CC(=O)NCCCNC1CCCCCCCCCC1. The molecule has 0 atom stereocenters. The lowest BCUT2D eigenvalue weighted by Gasteiger charge is -2.18. The van der Waals surface area contributed by atoms with E-state index in [0.717, 1.165) is 19.5 Å². The molecule has 0 heterocycles. The molecule has 1 aliphatic carbocycles. The monoisotopic (exact) mass is 268 g/mol. The van der Waals surface area contributed by atoms with Gasteiger partial charge in [-0.15, -0.1) is 0 Å². The van der Waals surface area contributed by atoms with Gasteiger partial charge < -0.3 is 10.6 Å². The summed E-state index contributed by atoms with van der Waals surface area (Å²) in [6.07, 6.45) is 15.0. The molecule has 1 rings (SSSR count). The van der Waals surface area contributed by atoms with Crippen LogP contribution >= 0.6 is 0 Å². The van der Waals surface area contributed by atoms with E-state index in [0.29, 0.717) is 6.04 Å². The van der Waals surface area contributed by atoms with Gasteiger partial charge in [-0.25, -0.2) is 0 Å². The lowest BCUT2D eigenvalue weighted by atomic mass is 10.0. The van der Waals surface area contributed by atoms with E-state index in [-0.39, 0.29) is 5.91 Å². The second kappa shape index (κ2) is 11.3. The van der Waals surface area contributed by atoms with Crippen molar-refractivity contribution in [2.75, 3.05) is 13.1 Å². The van der Waals surface area contributed by atoms with Crippen molar-refractivity contribution in [3.8, 4) is 0 Å². The highest BCUT2D eigenvalue weighted by atomic mass is 16.1. The molecule has 19 heavy (non-hydrogen) atoms. The molecule has 3 nitrogen and oxygen atoms in total. The second-order valence-electron chi connectivity index (χ2n) is 5.89. The summed E-state index contributed by atoms with van der Waals surface area (Å²) >= 11 is 0. The highest BCUT2D eigenvalue weighted by Gasteiger charge is 2.08. The maximum atomic E-state index is 10.8. The Morgan fingerprint density at radius 3 is 1.95 bits per heavy atom. The van der Waals surface area contributed by atoms with Gasteiger partial charge in [0.15, 0.2) is 0 Å². The van der Waals surface area contributed by atoms with Crippen LogP contribution in [0.4, 0.5) is 0 Å². The van der Waals surface area contributed by atoms with Crippen LogP contribution in [0.25, 0.3) is 0 Å². The van der Waals surface area contributed by atoms with Gasteiger partial charge in [-0.05, 0) is 25.8 Å². The van der Waals surface area contributed by atoms with Crippen LogP contribution in [-0.4, -0.2) is 25.0 Å². The first-order valence-corrected chi connectivity index (χ1v) is 8.27. The fourth-order valence-electron chi connectivity index (χ4n) is 2.85. The van der Waals surface area contributed by atoms with Crippen molar-refractivity contribution in [2.45, 2.75) is 83.6 Å². The predicted octanol–water partition coefficient (Wildman–Crippen LogP) is 3.39. The van der Waals surface area contributed by atoms with Crippen LogP contribution in [0.5, 0.6) is 0 Å². The zero-order chi connectivity index (χ0) is 13.8. The van der Waals surface area contributed by atoms with Crippen LogP contribution in [0.15, 0.2) is 0 Å². The van der Waals surface area contributed by atoms with Gasteiger partial charge in [-0.1, -0.05) is 51.4 Å². The summed E-state index contributed by atoms with van der Waals surface area (Å²) < 4.78 is 0. The Labute approximate surface area is 118 Å². The Hall–Kier alpha value is -0.570. The van der Waals surface area contributed by atoms with Crippen molar-refractivity contribution in [3.05, 3.63) is 0 Å². The van der Waals surface area contributed by atoms with Gasteiger partial charge in [0.05, 0.1) is 0 Å². The van der Waals surface area contributed by atoms with E-state index < -0.39 is 0 Å². The summed E-state index contributed by atoms with van der Waals surface area (Å²) in [4.78, 5) is 10.8. The molecule has 0 unspecified atom stereocenters. The number of nitrogens with one attached hydrogen (secondary N) is 2. The summed E-state index contributed by atoms with van der Waals surface area (Å²) in [6.45, 7) is 3.41. The maximum Gasteiger partial charge on any atom is 0.216 e. The molecule has 0 aliphatic heterocycles. The van der Waals surface area contributed by atoms with Crippen LogP contribution in [0.2, 0.25) is 0 Å². The minimum absolute atomic E-state index is 0.0786. The largest absolute Gasteiger partial charge is 0.356 e. The zero-order valence-corrected chi connectivity index (χ0v) is 12.7. The third-order valence-electron chi connectivity index (χ3n) is 4.02. The zero-order valence-electron chi connectivity index (χ0n) is 12.7. The number of carbonyl (C=O) groups is 1. The van der Waals surface area contributed by atoms with Crippen molar-refractivity contribution in [1.29, 1.82) is 0 Å². The molecule has 0 spiro atoms. The number of carbonyl (C=O) groups excluding carboxylic acids is 1. The average molecular weight is 268 g/mol. The first-order chi connectivity index (χ1) is 9.29. The van der Waals surface area contributed by atoms with Crippen LogP contribution in [-0.2, 0) is 4.79 Å². The molecule has 2 N–H and O–H groups in total. The molecule has 0 aromatic rings. The van der Waals surface area contributed by atoms with Gasteiger partial charge in [-0.2, -0.15) is 0 Å². The van der Waals surface area contributed by atoms with Crippen LogP contribution in [0.1, 0.15) is 77.6 Å². The summed E-state index contributed by atoms with van der Waals surface area (Å²) in [7, 11) is 0. The van der Waals surface area contributed by atoms with Crippen molar-refractivity contribution < 1.29 is 4.79 Å². The van der Waals surface area contributed by atoms with Gasteiger partial charge in [0, 0.05) is 19.5 Å². The van der Waals surface area contributed by atoms with Gasteiger partial charge in [0.1, 0.15) is 0 Å². The van der Waals surface area contributed by atoms with Crippen molar-refractivity contribution in [1.82, 2.24) is 10.6 Å². The minimum atomic E-state index is 0.0786. The quantitative estimate of drug-likeness (QED) is 0.750. The van der Waals surface area contributed by atoms with Crippen LogP contribution in [0.3, 0.4) is 0 Å². The molecule has 1 amide bonds. The van der Waals surface area contributed by atoms with E-state index in [4.69, 9.17) is 0 Å². The summed E-state index contributed by atoms with van der Waals surface area (Å²) in [5, 5.41) is 6.53. The maximum absolute atomic E-state index is 10.8. The van der Waals surface area contributed by atoms with E-state index in [1.807, 2.05) is 0 Å². The van der Waals surface area contributed by atoms with Crippen LogP contribution < -0.4 is 10.6 Å². The molecule has 1 fully saturated rings. The van der Waals surface area contributed by atoms with E-state index in [2.05, 4.69) is 10.6 Å². The fraction of sp³-hybridized carbons (Fsp3) is 0.938. The molecular weight excluding hydrogens is 236 g/mol. The molecule has 3 heteroatoms. The van der Waals surface area contributed by atoms with E-state index in [1.54, 1.807) is 6.92 Å². The molecule has 0 radical (unpaired) electrons. The lowest BCUT2D eigenvalue weighted by molar-refractivity contribution is -0.118. The minimum Gasteiger partial charge on any atom is -0.356 e. The molecule has 112 valence electrons. The van der Waals surface area contributed by atoms with Gasteiger partial charge >= 0.3 is 0 Å². The second-order valence-corrected chi connectivity index (χ2v) is 5.89. The molecule has 0 aromatic heterocycles. The number of hydrogen-bond donors (Lipinski definition) is 2. The predicted molar refractivity (Wildman–Crippen MR) is 81.3 cm³/mol. The normalized spacial score (nSPS) is 19.6. The van der Waals surface area contributed by atoms with Crippen LogP contribution in [0, 0.1) is 0 Å². The molecule has 1 saturated carbocycles. The highest BCUT2D eigenvalue weighted by molar-refractivity contribution is 5.72. The van der Waals surface area contributed by atoms with E-state index >= 15 is 0 Å². The smallest absolute Gasteiger partial charge is 0.216 e. The summed E-state index contributed by atoms with van der Waals surface area (Å²) in [6, 6.07) is 0.704. The molecular formula is C16H32N2O. The third-order valence-corrected chi connectivity index (χ3v) is 4.02. The molecule has 1 aliphatic rings. The average Bonchev–Trinajstić information content (AvgIpc) is 2.44. The Kier molecular flexibility index (Phi) is 9.78. The van der Waals surface area contributed by atoms with Gasteiger partial charge in [-0.3, -0.25) is 4.79 Å². The Morgan fingerprint density at radius 1 is 0.895 bits per heavy atom. The van der Waals surface area contributed by atoms with Crippen molar-refractivity contribution in [2.24, 2.45) is 0 Å². The first kappa shape index (κ1) is 16.5. The van der Waals surface area contributed by atoms with E-state index in [1.165, 1.54) is 64.2 Å². The lowest BCUT2D eigenvalue weighted by Crippen LogP contribution is -2.32. The molecule has 0 saturated heterocycles. The summed E-state index contributed by atoms with van der Waals surface area (Å²) in [5.41, 5.74) is 0. The molecule has 0 aromatic carbocycles. The van der Waals surface area contributed by atoms with E-state index in [9.17, 15) is 4.79 Å². The topological polar surface area (TPSA) is 41.1 Å². The van der Waals surface area contributed by atoms with Crippen molar-refractivity contribution >= 4 is 5.91 Å². The number of rotatable bonds is 5. The third kappa shape index (κ3) is 9.94. The molecule has 0 bridgehead atoms. The summed E-state index contributed by atoms with van der Waals surface area (Å²) in [5.74, 6) is 0.0786.